The smallest absolute Gasteiger partial charge is 0.411 e. The van der Waals surface area contributed by atoms with Crippen LogP contribution in [0.1, 0.15) is 57.1 Å². The van der Waals surface area contributed by atoms with Crippen LogP contribution >= 0.6 is 0 Å². The van der Waals surface area contributed by atoms with E-state index in [-0.39, 0.29) is 30.9 Å². The molecule has 15 heteroatoms. The van der Waals surface area contributed by atoms with Gasteiger partial charge in [0.25, 0.3) is 5.91 Å². The number of nitrogens with zero attached hydrogens (tertiary/aromatic N) is 3. The average molecular weight is 671 g/mol. The summed E-state index contributed by atoms with van der Waals surface area (Å²) in [5, 5.41) is 9.08. The van der Waals surface area contributed by atoms with Crippen molar-refractivity contribution < 1.29 is 36.7 Å². The monoisotopic (exact) mass is 670 g/mol. The number of anilines is 1. The number of carbonyl (C=O) groups excluding carboxylic acids is 4. The van der Waals surface area contributed by atoms with Crippen LogP contribution in [0.15, 0.2) is 42.6 Å². The molecule has 4 amide bonds. The summed E-state index contributed by atoms with van der Waals surface area (Å²) in [4.78, 5) is 55.6. The molecular formula is C32H39FN6O7S. The maximum absolute atomic E-state index is 14.2. The number of aryl methyl sites for hydroxylation is 1. The van der Waals surface area contributed by atoms with Gasteiger partial charge in [-0.1, -0.05) is 12.2 Å². The molecule has 0 saturated heterocycles. The first-order valence-corrected chi connectivity index (χ1v) is 17.5. The number of allylic oxidation sites excluding steroid dienone is 1. The summed E-state index contributed by atoms with van der Waals surface area (Å²) in [7, 11) is -2.20. The number of amides is 4. The molecule has 0 unspecified atom stereocenters. The lowest BCUT2D eigenvalue weighted by Gasteiger charge is -2.26. The first-order chi connectivity index (χ1) is 22.4. The highest BCUT2D eigenvalue weighted by atomic mass is 32.2. The molecule has 0 bridgehead atoms. The lowest BCUT2D eigenvalue weighted by Crippen LogP contribution is -2.54. The number of carbonyl (C=O) groups is 4. The van der Waals surface area contributed by atoms with E-state index in [1.54, 1.807) is 31.1 Å². The van der Waals surface area contributed by atoms with Crippen LogP contribution in [0, 0.1) is 30.5 Å². The maximum Gasteiger partial charge on any atom is 0.411 e. The first kappa shape index (κ1) is 32.7. The van der Waals surface area contributed by atoms with E-state index in [4.69, 9.17) is 4.74 Å². The molecule has 0 spiro atoms. The van der Waals surface area contributed by atoms with Crippen molar-refractivity contribution >= 4 is 39.5 Å². The molecule has 1 aromatic carbocycles. The number of nitrogens with one attached hydrogen (secondary N) is 3. The molecule has 3 N–H and O–H groups in total. The zero-order valence-electron chi connectivity index (χ0n) is 26.3. The minimum Gasteiger partial charge on any atom is -0.446 e. The fraction of sp³-hybridized carbons (Fsp3) is 0.531. The normalized spacial score (nSPS) is 28.7. The number of rotatable bonds is 6. The van der Waals surface area contributed by atoms with Crippen LogP contribution in [-0.2, 0) is 29.1 Å². The number of benzene rings is 1. The highest BCUT2D eigenvalue weighted by molar-refractivity contribution is 7.91. The number of aromatic nitrogens is 2. The molecule has 4 aliphatic rings. The molecule has 3 saturated carbocycles. The first-order valence-electron chi connectivity index (χ1n) is 16.0. The van der Waals surface area contributed by atoms with Gasteiger partial charge in [0.05, 0.1) is 34.2 Å². The van der Waals surface area contributed by atoms with Crippen LogP contribution in [0.5, 0.6) is 0 Å². The van der Waals surface area contributed by atoms with Gasteiger partial charge in [0.1, 0.15) is 17.5 Å². The summed E-state index contributed by atoms with van der Waals surface area (Å²) in [6.45, 7) is 2.27. The lowest BCUT2D eigenvalue weighted by atomic mass is 9.93. The van der Waals surface area contributed by atoms with E-state index < -0.39 is 68.4 Å². The van der Waals surface area contributed by atoms with Crippen LogP contribution in [0.4, 0.5) is 14.9 Å². The van der Waals surface area contributed by atoms with Gasteiger partial charge < -0.3 is 15.0 Å². The summed E-state index contributed by atoms with van der Waals surface area (Å²) in [5.41, 5.74) is -0.218. The summed E-state index contributed by atoms with van der Waals surface area (Å²) in [6, 6.07) is 5.61. The van der Waals surface area contributed by atoms with Crippen molar-refractivity contribution in [2.24, 2.45) is 17.8 Å². The van der Waals surface area contributed by atoms with Crippen LogP contribution in [0.3, 0.4) is 0 Å². The number of hydrogen-bond acceptors (Lipinski definition) is 8. The van der Waals surface area contributed by atoms with E-state index in [2.05, 4.69) is 20.5 Å². The fourth-order valence-electron chi connectivity index (χ4n) is 6.54. The van der Waals surface area contributed by atoms with Crippen molar-refractivity contribution in [1.29, 1.82) is 0 Å². The molecule has 6 rings (SSSR count). The van der Waals surface area contributed by atoms with Crippen molar-refractivity contribution in [3.05, 3.63) is 54.1 Å². The SMILES string of the molecule is Cc1ccn(-c2ccc(F)cc2NC(=O)O[C@@H]2C[C@H]3C(=O)N[C@]4(C(=O)NS(=O)(=O)C5CC5)C[C@H]4/C=C\CCCCN(C)C(=O)[C@@H]3C2)n1. The van der Waals surface area contributed by atoms with Gasteiger partial charge in [-0.2, -0.15) is 5.10 Å². The number of sulfonamides is 1. The molecule has 3 aliphatic carbocycles. The summed E-state index contributed by atoms with van der Waals surface area (Å²) in [6.07, 6.45) is 7.14. The van der Waals surface area contributed by atoms with E-state index in [0.717, 1.165) is 24.6 Å². The van der Waals surface area contributed by atoms with Gasteiger partial charge in [0.15, 0.2) is 0 Å². The predicted octanol–water partition coefficient (Wildman–Crippen LogP) is 2.94. The molecule has 252 valence electrons. The maximum atomic E-state index is 14.2. The zero-order chi connectivity index (χ0) is 33.5. The Morgan fingerprint density at radius 1 is 1.13 bits per heavy atom. The van der Waals surface area contributed by atoms with Crippen molar-refractivity contribution in [3.8, 4) is 5.69 Å². The van der Waals surface area contributed by atoms with E-state index in [1.807, 2.05) is 12.2 Å². The molecule has 3 fully saturated rings. The van der Waals surface area contributed by atoms with Gasteiger partial charge in [-0.3, -0.25) is 24.4 Å². The molecule has 5 atom stereocenters. The quantitative estimate of drug-likeness (QED) is 0.394. The van der Waals surface area contributed by atoms with E-state index in [0.29, 0.717) is 31.5 Å². The molecule has 47 heavy (non-hydrogen) atoms. The second-order valence-electron chi connectivity index (χ2n) is 13.0. The van der Waals surface area contributed by atoms with Crippen molar-refractivity contribution in [3.63, 3.8) is 0 Å². The van der Waals surface area contributed by atoms with Gasteiger partial charge in [0.2, 0.25) is 21.8 Å². The van der Waals surface area contributed by atoms with Crippen molar-refractivity contribution in [2.75, 3.05) is 18.9 Å². The summed E-state index contributed by atoms with van der Waals surface area (Å²) in [5.74, 6) is -4.44. The highest BCUT2D eigenvalue weighted by Crippen LogP contribution is 2.47. The van der Waals surface area contributed by atoms with Crippen molar-refractivity contribution in [2.45, 2.75) is 75.2 Å². The molecule has 1 aliphatic heterocycles. The van der Waals surface area contributed by atoms with Crippen LogP contribution in [-0.4, -0.2) is 77.4 Å². The Balaban J connectivity index is 1.20. The molecule has 0 radical (unpaired) electrons. The Morgan fingerprint density at radius 3 is 2.62 bits per heavy atom. The third-order valence-electron chi connectivity index (χ3n) is 9.43. The molecular weight excluding hydrogens is 631 g/mol. The largest absolute Gasteiger partial charge is 0.446 e. The van der Waals surface area contributed by atoms with Gasteiger partial charge >= 0.3 is 6.09 Å². The van der Waals surface area contributed by atoms with E-state index in [1.165, 1.54) is 16.8 Å². The van der Waals surface area contributed by atoms with Gasteiger partial charge in [-0.05, 0) is 82.6 Å². The standard InChI is InChI=1S/C32H39FN6O7S/c1-19-12-14-39(36-19)27-11-8-21(33)15-26(27)34-31(43)46-22-16-24-25(17-22)29(41)38(2)13-6-4-3-5-7-20-18-32(20,35-28(24)40)30(42)37-47(44,45)23-9-10-23/h5,7-8,11-12,14-15,20,22-25H,3-4,6,9-10,13,16-18H2,1-2H3,(H,34,43)(H,35,40)(H,37,42)/b7-5-/t20-,22-,24-,25-,32-/m1/s1. The van der Waals surface area contributed by atoms with Crippen LogP contribution < -0.4 is 15.4 Å². The zero-order valence-corrected chi connectivity index (χ0v) is 27.1. The Bertz CT molecular complexity index is 1720. The Hall–Kier alpha value is -4.27. The number of halogens is 1. The Kier molecular flexibility index (Phi) is 8.85. The van der Waals surface area contributed by atoms with Gasteiger partial charge in [-0.25, -0.2) is 22.3 Å². The summed E-state index contributed by atoms with van der Waals surface area (Å²) >= 11 is 0. The number of hydrogen-bond donors (Lipinski definition) is 3. The second kappa shape index (κ2) is 12.7. The predicted molar refractivity (Wildman–Crippen MR) is 168 cm³/mol. The second-order valence-corrected chi connectivity index (χ2v) is 15.0. The topological polar surface area (TPSA) is 169 Å². The molecule has 13 nitrogen and oxygen atoms in total. The third kappa shape index (κ3) is 7.04. The molecule has 1 aromatic heterocycles. The minimum absolute atomic E-state index is 0.00354. The number of ether oxygens (including phenoxy) is 1. The van der Waals surface area contributed by atoms with Gasteiger partial charge in [0, 0.05) is 25.7 Å². The van der Waals surface area contributed by atoms with Crippen LogP contribution in [0.2, 0.25) is 0 Å². The Labute approximate surface area is 272 Å². The molecule has 2 heterocycles. The molecule has 2 aromatic rings. The minimum atomic E-state index is -3.86. The van der Waals surface area contributed by atoms with E-state index in [9.17, 15) is 32.0 Å². The van der Waals surface area contributed by atoms with Gasteiger partial charge in [-0.15, -0.1) is 0 Å². The third-order valence-corrected chi connectivity index (χ3v) is 11.3. The fourth-order valence-corrected chi connectivity index (χ4v) is 7.90. The lowest BCUT2D eigenvalue weighted by molar-refractivity contribution is -0.140. The van der Waals surface area contributed by atoms with E-state index >= 15 is 0 Å². The number of fused-ring (bicyclic) bond motifs is 2. The van der Waals surface area contributed by atoms with Crippen molar-refractivity contribution in [1.82, 2.24) is 24.7 Å². The average Bonchev–Trinajstić information content (AvgIpc) is 3.90. The summed E-state index contributed by atoms with van der Waals surface area (Å²) < 4.78 is 48.8. The van der Waals surface area contributed by atoms with Crippen LogP contribution in [0.25, 0.3) is 5.69 Å². The Morgan fingerprint density at radius 2 is 1.89 bits per heavy atom. The highest BCUT2D eigenvalue weighted by Gasteiger charge is 2.62.